The number of benzene rings is 2. The van der Waals surface area contributed by atoms with Crippen LogP contribution in [0, 0.1) is 5.82 Å². The van der Waals surface area contributed by atoms with Gasteiger partial charge in [-0.15, -0.1) is 0 Å². The summed E-state index contributed by atoms with van der Waals surface area (Å²) < 4.78 is 49.6. The fourth-order valence-electron chi connectivity index (χ4n) is 2.22. The van der Waals surface area contributed by atoms with Gasteiger partial charge in [0, 0.05) is 18.8 Å². The third kappa shape index (κ3) is 4.88. The Kier molecular flexibility index (Phi) is 6.63. The average molecular weight is 417 g/mol. The Morgan fingerprint density at radius 3 is 2.41 bits per heavy atom. The summed E-state index contributed by atoms with van der Waals surface area (Å²) in [7, 11) is 0.142. The van der Waals surface area contributed by atoms with Gasteiger partial charge in [-0.1, -0.05) is 11.6 Å². The molecule has 0 aliphatic carbocycles. The molecular weight excluding hydrogens is 399 g/mol. The highest BCUT2D eigenvalue weighted by Crippen LogP contribution is 2.30. The second kappa shape index (κ2) is 8.55. The van der Waals surface area contributed by atoms with E-state index in [2.05, 4.69) is 5.32 Å². The summed E-state index contributed by atoms with van der Waals surface area (Å²) in [5.41, 5.74) is 0.253. The molecule has 0 aromatic heterocycles. The maximum atomic E-state index is 13.2. The first-order valence-electron chi connectivity index (χ1n) is 7.62. The highest BCUT2D eigenvalue weighted by molar-refractivity contribution is 7.89. The molecule has 0 atom stereocenters. The number of sulfonamides is 1. The van der Waals surface area contributed by atoms with E-state index in [1.807, 2.05) is 0 Å². The molecule has 0 unspecified atom stereocenters. The molecule has 0 bridgehead atoms. The second-order valence-corrected chi connectivity index (χ2v) is 7.91. The third-order valence-corrected chi connectivity index (χ3v) is 5.72. The number of amides is 1. The highest BCUT2D eigenvalue weighted by Gasteiger charge is 2.24. The van der Waals surface area contributed by atoms with Crippen LogP contribution in [0.15, 0.2) is 41.3 Å². The Balaban J connectivity index is 2.14. The SMILES string of the molecule is COc1ccc(S(=O)(=O)N(C)CC(=O)Nc2ccc(F)c(Cl)c2)cc1OC. The summed E-state index contributed by atoms with van der Waals surface area (Å²) in [5.74, 6) is -0.602. The summed E-state index contributed by atoms with van der Waals surface area (Å²) in [6, 6.07) is 7.77. The number of carbonyl (C=O) groups is 1. The van der Waals surface area contributed by atoms with E-state index in [-0.39, 0.29) is 21.4 Å². The molecular formula is C17H18ClFN2O5S. The van der Waals surface area contributed by atoms with E-state index in [0.717, 1.165) is 10.4 Å². The Labute approximate surface area is 161 Å². The minimum atomic E-state index is -3.95. The predicted molar refractivity (Wildman–Crippen MR) is 99.4 cm³/mol. The zero-order chi connectivity index (χ0) is 20.2. The molecule has 0 heterocycles. The van der Waals surface area contributed by atoms with Crippen molar-refractivity contribution in [2.45, 2.75) is 4.90 Å². The third-order valence-electron chi connectivity index (χ3n) is 3.63. The number of rotatable bonds is 7. The van der Waals surface area contributed by atoms with E-state index >= 15 is 0 Å². The molecule has 1 N–H and O–H groups in total. The van der Waals surface area contributed by atoms with Crippen molar-refractivity contribution in [3.63, 3.8) is 0 Å². The van der Waals surface area contributed by atoms with Gasteiger partial charge in [0.15, 0.2) is 11.5 Å². The lowest BCUT2D eigenvalue weighted by Gasteiger charge is -2.18. The van der Waals surface area contributed by atoms with Crippen LogP contribution in [0.3, 0.4) is 0 Å². The van der Waals surface area contributed by atoms with Gasteiger partial charge in [-0.25, -0.2) is 12.8 Å². The lowest BCUT2D eigenvalue weighted by molar-refractivity contribution is -0.116. The number of halogens is 2. The maximum Gasteiger partial charge on any atom is 0.243 e. The minimum absolute atomic E-state index is 0.0553. The van der Waals surface area contributed by atoms with Crippen molar-refractivity contribution in [3.05, 3.63) is 47.2 Å². The molecule has 0 spiro atoms. The van der Waals surface area contributed by atoms with Gasteiger partial charge in [-0.2, -0.15) is 4.31 Å². The maximum absolute atomic E-state index is 13.2. The molecule has 0 saturated heterocycles. The number of nitrogens with one attached hydrogen (secondary N) is 1. The van der Waals surface area contributed by atoms with Crippen LogP contribution < -0.4 is 14.8 Å². The van der Waals surface area contributed by atoms with Gasteiger partial charge in [-0.3, -0.25) is 4.79 Å². The smallest absolute Gasteiger partial charge is 0.243 e. The van der Waals surface area contributed by atoms with Crippen LogP contribution in [0.4, 0.5) is 10.1 Å². The van der Waals surface area contributed by atoms with Crippen LogP contribution in [-0.2, 0) is 14.8 Å². The number of ether oxygens (including phenoxy) is 2. The van der Waals surface area contributed by atoms with Crippen molar-refractivity contribution in [3.8, 4) is 11.5 Å². The van der Waals surface area contributed by atoms with Crippen molar-refractivity contribution >= 4 is 33.2 Å². The zero-order valence-corrected chi connectivity index (χ0v) is 16.4. The number of anilines is 1. The van der Waals surface area contributed by atoms with Gasteiger partial charge < -0.3 is 14.8 Å². The minimum Gasteiger partial charge on any atom is -0.493 e. The average Bonchev–Trinajstić information content (AvgIpc) is 2.63. The molecule has 27 heavy (non-hydrogen) atoms. The Bertz CT molecular complexity index is 952. The standard InChI is InChI=1S/C17H18ClFN2O5S/c1-21(10-17(22)20-11-4-6-14(19)13(18)8-11)27(23,24)12-5-7-15(25-2)16(9-12)26-3/h4-9H,10H2,1-3H3,(H,20,22). The van der Waals surface area contributed by atoms with E-state index in [1.54, 1.807) is 0 Å². The number of nitrogens with zero attached hydrogens (tertiary/aromatic N) is 1. The molecule has 7 nitrogen and oxygen atoms in total. The topological polar surface area (TPSA) is 84.9 Å². The highest BCUT2D eigenvalue weighted by atomic mass is 35.5. The Hall–Kier alpha value is -2.36. The molecule has 0 fully saturated rings. The van der Waals surface area contributed by atoms with Crippen LogP contribution in [0.2, 0.25) is 5.02 Å². The van der Waals surface area contributed by atoms with Crippen molar-refractivity contribution in [2.24, 2.45) is 0 Å². The van der Waals surface area contributed by atoms with Gasteiger partial charge in [-0.05, 0) is 30.3 Å². The first-order valence-corrected chi connectivity index (χ1v) is 9.44. The number of carbonyl (C=O) groups excluding carboxylic acids is 1. The van der Waals surface area contributed by atoms with Crippen LogP contribution in [0.5, 0.6) is 11.5 Å². The summed E-state index contributed by atoms with van der Waals surface area (Å²) in [5, 5.41) is 2.31. The fourth-order valence-corrected chi connectivity index (χ4v) is 3.54. The molecule has 2 rings (SSSR count). The van der Waals surface area contributed by atoms with E-state index in [0.29, 0.717) is 5.75 Å². The first-order chi connectivity index (χ1) is 12.7. The summed E-state index contributed by atoms with van der Waals surface area (Å²) >= 11 is 5.65. The van der Waals surface area contributed by atoms with Gasteiger partial charge in [0.1, 0.15) is 5.82 Å². The van der Waals surface area contributed by atoms with E-state index in [4.69, 9.17) is 21.1 Å². The van der Waals surface area contributed by atoms with Crippen molar-refractivity contribution < 1.29 is 27.1 Å². The largest absolute Gasteiger partial charge is 0.493 e. The molecule has 0 aliphatic rings. The molecule has 10 heteroatoms. The van der Waals surface area contributed by atoms with Crippen LogP contribution in [-0.4, -0.2) is 46.4 Å². The van der Waals surface area contributed by atoms with Crippen molar-refractivity contribution in [2.75, 3.05) is 33.1 Å². The molecule has 2 aromatic rings. The van der Waals surface area contributed by atoms with Gasteiger partial charge in [0.05, 0.1) is 30.7 Å². The van der Waals surface area contributed by atoms with Gasteiger partial charge in [0.25, 0.3) is 0 Å². The Morgan fingerprint density at radius 2 is 1.81 bits per heavy atom. The number of methoxy groups -OCH3 is 2. The molecule has 146 valence electrons. The summed E-state index contributed by atoms with van der Waals surface area (Å²) in [6.45, 7) is -0.453. The number of hydrogen-bond donors (Lipinski definition) is 1. The summed E-state index contributed by atoms with van der Waals surface area (Å²) in [6.07, 6.45) is 0. The van der Waals surface area contributed by atoms with E-state index in [9.17, 15) is 17.6 Å². The van der Waals surface area contributed by atoms with Crippen LogP contribution in [0.1, 0.15) is 0 Å². The van der Waals surface area contributed by atoms with Gasteiger partial charge in [0.2, 0.25) is 15.9 Å². The molecule has 0 aliphatic heterocycles. The lowest BCUT2D eigenvalue weighted by atomic mass is 10.3. The number of likely N-dealkylation sites (N-methyl/N-ethyl adjacent to an activating group) is 1. The zero-order valence-electron chi connectivity index (χ0n) is 14.8. The second-order valence-electron chi connectivity index (χ2n) is 5.45. The van der Waals surface area contributed by atoms with Crippen LogP contribution in [0.25, 0.3) is 0 Å². The first kappa shape index (κ1) is 20.9. The quantitative estimate of drug-likeness (QED) is 0.750. The Morgan fingerprint density at radius 1 is 1.15 bits per heavy atom. The lowest BCUT2D eigenvalue weighted by Crippen LogP contribution is -2.35. The van der Waals surface area contributed by atoms with Gasteiger partial charge >= 0.3 is 0 Å². The monoisotopic (exact) mass is 416 g/mol. The predicted octanol–water partition coefficient (Wildman–Crippen LogP) is 2.76. The van der Waals surface area contributed by atoms with Crippen molar-refractivity contribution in [1.82, 2.24) is 4.31 Å². The molecule has 2 aromatic carbocycles. The van der Waals surface area contributed by atoms with E-state index in [1.165, 1.54) is 51.6 Å². The van der Waals surface area contributed by atoms with Crippen molar-refractivity contribution in [1.29, 1.82) is 0 Å². The number of hydrogen-bond acceptors (Lipinski definition) is 5. The normalized spacial score (nSPS) is 11.3. The molecule has 0 radical (unpaired) electrons. The molecule has 0 saturated carbocycles. The van der Waals surface area contributed by atoms with Crippen LogP contribution >= 0.6 is 11.6 Å². The molecule has 1 amide bonds. The fraction of sp³-hybridized carbons (Fsp3) is 0.235. The van der Waals surface area contributed by atoms with E-state index < -0.39 is 28.3 Å². The summed E-state index contributed by atoms with van der Waals surface area (Å²) in [4.78, 5) is 12.1.